The van der Waals surface area contributed by atoms with Crippen molar-refractivity contribution >= 4 is 23.4 Å². The van der Waals surface area contributed by atoms with Gasteiger partial charge in [-0.05, 0) is 31.4 Å². The van der Waals surface area contributed by atoms with Gasteiger partial charge in [-0.1, -0.05) is 18.2 Å². The number of likely N-dealkylation sites (tertiary alicyclic amines) is 2. The normalized spacial score (nSPS) is 22.7. The number of rotatable bonds is 6. The van der Waals surface area contributed by atoms with Crippen molar-refractivity contribution in [3.05, 3.63) is 30.3 Å². The van der Waals surface area contributed by atoms with E-state index in [9.17, 15) is 14.4 Å². The number of hydrogen-bond donors (Lipinski definition) is 0. The average Bonchev–Trinajstić information content (AvgIpc) is 3.20. The molecule has 0 N–H and O–H groups in total. The molecule has 4 rings (SSSR count). The number of piperidine rings is 1. The summed E-state index contributed by atoms with van der Waals surface area (Å²) < 4.78 is 0. The predicted octanol–water partition coefficient (Wildman–Crippen LogP) is 1.59. The maximum atomic E-state index is 13.1. The Labute approximate surface area is 178 Å². The Morgan fingerprint density at radius 2 is 1.57 bits per heavy atom. The Balaban J connectivity index is 1.25. The molecule has 1 atom stereocenters. The molecule has 1 aromatic carbocycles. The second-order valence-electron chi connectivity index (χ2n) is 8.56. The molecule has 3 heterocycles. The third-order valence-electron chi connectivity index (χ3n) is 6.59. The topological polar surface area (TPSA) is 64.2 Å². The lowest BCUT2D eigenvalue weighted by Gasteiger charge is -2.39. The first-order chi connectivity index (χ1) is 14.6. The van der Waals surface area contributed by atoms with E-state index in [1.54, 1.807) is 0 Å². The van der Waals surface area contributed by atoms with Crippen molar-refractivity contribution < 1.29 is 14.4 Å². The molecule has 7 heteroatoms. The highest BCUT2D eigenvalue weighted by molar-refractivity contribution is 5.84. The van der Waals surface area contributed by atoms with Crippen molar-refractivity contribution in [2.45, 2.75) is 32.1 Å². The fraction of sp³-hybridized carbons (Fsp3) is 0.609. The van der Waals surface area contributed by atoms with Crippen molar-refractivity contribution in [2.75, 3.05) is 57.3 Å². The van der Waals surface area contributed by atoms with Gasteiger partial charge in [0.1, 0.15) is 0 Å². The highest BCUT2D eigenvalue weighted by Crippen LogP contribution is 2.22. The van der Waals surface area contributed by atoms with Crippen LogP contribution in [0.15, 0.2) is 30.3 Å². The maximum absolute atomic E-state index is 13.1. The van der Waals surface area contributed by atoms with E-state index in [1.807, 2.05) is 32.9 Å². The molecule has 0 bridgehead atoms. The Morgan fingerprint density at radius 3 is 2.27 bits per heavy atom. The first-order valence-electron chi connectivity index (χ1n) is 11.3. The smallest absolute Gasteiger partial charge is 0.227 e. The van der Waals surface area contributed by atoms with Crippen LogP contribution in [-0.4, -0.2) is 84.8 Å². The number of carbonyl (C=O) groups excluding carboxylic acids is 3. The van der Waals surface area contributed by atoms with E-state index in [0.717, 1.165) is 45.6 Å². The Bertz CT molecular complexity index is 761. The van der Waals surface area contributed by atoms with Gasteiger partial charge in [0.2, 0.25) is 17.7 Å². The molecule has 3 aliphatic rings. The summed E-state index contributed by atoms with van der Waals surface area (Å²) in [4.78, 5) is 45.2. The minimum atomic E-state index is -0.0978. The minimum absolute atomic E-state index is 0.0978. The summed E-state index contributed by atoms with van der Waals surface area (Å²) in [5.74, 6) is 0.456. The molecule has 3 fully saturated rings. The predicted molar refractivity (Wildman–Crippen MR) is 115 cm³/mol. The molecule has 7 nitrogen and oxygen atoms in total. The first kappa shape index (κ1) is 20.7. The first-order valence-corrected chi connectivity index (χ1v) is 11.3. The SMILES string of the molecule is O=C1CCCN1CCCN1CC(C(=O)N2CCN(c3ccccc3)CC2)CCC1=O. The zero-order chi connectivity index (χ0) is 20.9. The number of anilines is 1. The summed E-state index contributed by atoms with van der Waals surface area (Å²) in [6, 6.07) is 10.3. The lowest BCUT2D eigenvalue weighted by atomic mass is 9.95. The third-order valence-corrected chi connectivity index (χ3v) is 6.59. The van der Waals surface area contributed by atoms with Crippen LogP contribution < -0.4 is 4.90 Å². The van der Waals surface area contributed by atoms with Crippen LogP contribution in [0.25, 0.3) is 0 Å². The van der Waals surface area contributed by atoms with E-state index >= 15 is 0 Å². The second-order valence-corrected chi connectivity index (χ2v) is 8.56. The fourth-order valence-corrected chi connectivity index (χ4v) is 4.81. The van der Waals surface area contributed by atoms with Gasteiger partial charge in [0, 0.05) is 70.9 Å². The average molecular weight is 413 g/mol. The van der Waals surface area contributed by atoms with Crippen LogP contribution in [0.2, 0.25) is 0 Å². The number of benzene rings is 1. The molecular formula is C23H32N4O3. The van der Waals surface area contributed by atoms with Gasteiger partial charge < -0.3 is 19.6 Å². The van der Waals surface area contributed by atoms with Gasteiger partial charge in [-0.15, -0.1) is 0 Å². The largest absolute Gasteiger partial charge is 0.368 e. The molecule has 3 aliphatic heterocycles. The van der Waals surface area contributed by atoms with Crippen molar-refractivity contribution in [2.24, 2.45) is 5.92 Å². The second kappa shape index (κ2) is 9.49. The third kappa shape index (κ3) is 4.77. The van der Waals surface area contributed by atoms with Crippen molar-refractivity contribution in [1.82, 2.24) is 14.7 Å². The van der Waals surface area contributed by atoms with Crippen LogP contribution >= 0.6 is 0 Å². The Kier molecular flexibility index (Phi) is 6.55. The van der Waals surface area contributed by atoms with E-state index in [4.69, 9.17) is 0 Å². The monoisotopic (exact) mass is 412 g/mol. The number of hydrogen-bond acceptors (Lipinski definition) is 4. The molecular weight excluding hydrogens is 380 g/mol. The van der Waals surface area contributed by atoms with Crippen LogP contribution in [0.1, 0.15) is 32.1 Å². The maximum Gasteiger partial charge on any atom is 0.227 e. The molecule has 1 unspecified atom stereocenters. The summed E-state index contributed by atoms with van der Waals surface area (Å²) in [6.07, 6.45) is 3.47. The lowest BCUT2D eigenvalue weighted by Crippen LogP contribution is -2.53. The highest BCUT2D eigenvalue weighted by Gasteiger charge is 2.34. The number of nitrogens with zero attached hydrogens (tertiary/aromatic N) is 4. The van der Waals surface area contributed by atoms with Gasteiger partial charge in [-0.25, -0.2) is 0 Å². The molecule has 30 heavy (non-hydrogen) atoms. The van der Waals surface area contributed by atoms with Crippen molar-refractivity contribution in [1.29, 1.82) is 0 Å². The van der Waals surface area contributed by atoms with Gasteiger partial charge >= 0.3 is 0 Å². The standard InChI is InChI=1S/C23H32N4O3/c28-21-8-4-11-25(21)12-5-13-27-18-19(9-10-22(27)29)23(30)26-16-14-24(15-17-26)20-6-2-1-3-7-20/h1-3,6-7,19H,4-5,8-18H2. The van der Waals surface area contributed by atoms with Crippen LogP contribution in [0, 0.1) is 5.92 Å². The van der Waals surface area contributed by atoms with Crippen LogP contribution in [0.5, 0.6) is 0 Å². The van der Waals surface area contributed by atoms with Crippen LogP contribution in [-0.2, 0) is 14.4 Å². The van der Waals surface area contributed by atoms with Gasteiger partial charge in [0.15, 0.2) is 0 Å². The molecule has 162 valence electrons. The summed E-state index contributed by atoms with van der Waals surface area (Å²) >= 11 is 0. The van der Waals surface area contributed by atoms with Crippen LogP contribution in [0.3, 0.4) is 0 Å². The van der Waals surface area contributed by atoms with Crippen molar-refractivity contribution in [3.8, 4) is 0 Å². The van der Waals surface area contributed by atoms with Crippen LogP contribution in [0.4, 0.5) is 5.69 Å². The zero-order valence-electron chi connectivity index (χ0n) is 17.7. The van der Waals surface area contributed by atoms with E-state index in [2.05, 4.69) is 17.0 Å². The van der Waals surface area contributed by atoms with Crippen molar-refractivity contribution in [3.63, 3.8) is 0 Å². The molecule has 0 aliphatic carbocycles. The summed E-state index contributed by atoms with van der Waals surface area (Å²) in [6.45, 7) is 5.85. The number of amides is 3. The quantitative estimate of drug-likeness (QED) is 0.712. The minimum Gasteiger partial charge on any atom is -0.368 e. The molecule has 1 aromatic rings. The Morgan fingerprint density at radius 1 is 0.867 bits per heavy atom. The molecule has 3 amide bonds. The number of piperazine rings is 1. The molecule has 0 saturated carbocycles. The zero-order valence-corrected chi connectivity index (χ0v) is 17.7. The Hall–Kier alpha value is -2.57. The van der Waals surface area contributed by atoms with E-state index in [0.29, 0.717) is 38.9 Å². The fourth-order valence-electron chi connectivity index (χ4n) is 4.81. The number of para-hydroxylation sites is 1. The van der Waals surface area contributed by atoms with Gasteiger partial charge in [-0.2, -0.15) is 0 Å². The van der Waals surface area contributed by atoms with Gasteiger partial charge in [0.05, 0.1) is 5.92 Å². The molecule has 0 aromatic heterocycles. The van der Waals surface area contributed by atoms with Gasteiger partial charge in [-0.3, -0.25) is 14.4 Å². The van der Waals surface area contributed by atoms with Gasteiger partial charge in [0.25, 0.3) is 0 Å². The molecule has 3 saturated heterocycles. The molecule has 0 spiro atoms. The lowest BCUT2D eigenvalue weighted by molar-refractivity contribution is -0.143. The molecule has 0 radical (unpaired) electrons. The highest BCUT2D eigenvalue weighted by atomic mass is 16.2. The number of carbonyl (C=O) groups is 3. The van der Waals surface area contributed by atoms with E-state index in [-0.39, 0.29) is 23.6 Å². The summed E-state index contributed by atoms with van der Waals surface area (Å²) in [7, 11) is 0. The summed E-state index contributed by atoms with van der Waals surface area (Å²) in [5, 5.41) is 0. The van der Waals surface area contributed by atoms with E-state index in [1.165, 1.54) is 5.69 Å². The summed E-state index contributed by atoms with van der Waals surface area (Å²) in [5.41, 5.74) is 1.20. The van der Waals surface area contributed by atoms with E-state index < -0.39 is 0 Å².